The Hall–Kier alpha value is -1.58. The van der Waals surface area contributed by atoms with Crippen molar-refractivity contribution >= 4 is 6.03 Å². The molecule has 0 radical (unpaired) electrons. The molecule has 0 unspecified atom stereocenters. The molecule has 80 valence electrons. The van der Waals surface area contributed by atoms with Gasteiger partial charge in [0.15, 0.2) is 0 Å². The zero-order valence-electron chi connectivity index (χ0n) is 8.79. The van der Waals surface area contributed by atoms with Crippen molar-refractivity contribution in [3.8, 4) is 0 Å². The Labute approximate surface area is 89.1 Å². The summed E-state index contributed by atoms with van der Waals surface area (Å²) in [6, 6.07) is 4.23. The highest BCUT2D eigenvalue weighted by Gasteiger charge is 2.22. The van der Waals surface area contributed by atoms with Crippen molar-refractivity contribution < 1.29 is 4.79 Å². The van der Waals surface area contributed by atoms with E-state index in [1.807, 2.05) is 19.1 Å². The Morgan fingerprint density at radius 2 is 2.33 bits per heavy atom. The summed E-state index contributed by atoms with van der Waals surface area (Å²) in [5, 5.41) is 5.66. The number of amides is 2. The molecule has 0 aliphatic heterocycles. The van der Waals surface area contributed by atoms with Gasteiger partial charge < -0.3 is 10.6 Å². The van der Waals surface area contributed by atoms with Gasteiger partial charge in [0.2, 0.25) is 0 Å². The highest BCUT2D eigenvalue weighted by molar-refractivity contribution is 5.74. The smallest absolute Gasteiger partial charge is 0.315 e. The summed E-state index contributed by atoms with van der Waals surface area (Å²) >= 11 is 0. The molecule has 2 rings (SSSR count). The molecule has 0 spiro atoms. The zero-order chi connectivity index (χ0) is 10.7. The lowest BCUT2D eigenvalue weighted by molar-refractivity contribution is 0.240. The normalized spacial score (nSPS) is 14.7. The summed E-state index contributed by atoms with van der Waals surface area (Å²) in [6.45, 7) is 2.48. The molecule has 0 bridgehead atoms. The number of carbonyl (C=O) groups is 1. The summed E-state index contributed by atoms with van der Waals surface area (Å²) in [5.41, 5.74) is 2.01. The van der Waals surface area contributed by atoms with Crippen molar-refractivity contribution in [2.45, 2.75) is 32.4 Å². The van der Waals surface area contributed by atoms with E-state index < -0.39 is 0 Å². The Bertz CT molecular complexity index is 343. The van der Waals surface area contributed by atoms with Crippen LogP contribution in [0.5, 0.6) is 0 Å². The Morgan fingerprint density at radius 3 is 2.93 bits per heavy atom. The second-order valence-corrected chi connectivity index (χ2v) is 3.91. The van der Waals surface area contributed by atoms with E-state index in [1.165, 1.54) is 0 Å². The SMILES string of the molecule is Cc1ccc(CNC(=O)NC2CC2)cn1. The fourth-order valence-electron chi connectivity index (χ4n) is 1.25. The van der Waals surface area contributed by atoms with Gasteiger partial charge in [-0.3, -0.25) is 4.98 Å². The summed E-state index contributed by atoms with van der Waals surface area (Å²) in [4.78, 5) is 15.4. The third-order valence-electron chi connectivity index (χ3n) is 2.34. The topological polar surface area (TPSA) is 54.0 Å². The lowest BCUT2D eigenvalue weighted by atomic mass is 10.2. The fourth-order valence-corrected chi connectivity index (χ4v) is 1.25. The highest BCUT2D eigenvalue weighted by atomic mass is 16.2. The predicted octanol–water partition coefficient (Wildman–Crippen LogP) is 1.35. The van der Waals surface area contributed by atoms with E-state index in [4.69, 9.17) is 0 Å². The van der Waals surface area contributed by atoms with Gasteiger partial charge in [-0.2, -0.15) is 0 Å². The molecule has 15 heavy (non-hydrogen) atoms. The average Bonchev–Trinajstić information content (AvgIpc) is 3.01. The van der Waals surface area contributed by atoms with Crippen molar-refractivity contribution in [1.82, 2.24) is 15.6 Å². The Morgan fingerprint density at radius 1 is 1.53 bits per heavy atom. The van der Waals surface area contributed by atoms with Gasteiger partial charge in [0.05, 0.1) is 0 Å². The van der Waals surface area contributed by atoms with Gasteiger partial charge in [0.25, 0.3) is 0 Å². The minimum atomic E-state index is -0.0851. The molecule has 1 fully saturated rings. The second-order valence-electron chi connectivity index (χ2n) is 3.91. The third kappa shape index (κ3) is 3.23. The third-order valence-corrected chi connectivity index (χ3v) is 2.34. The summed E-state index contributed by atoms with van der Waals surface area (Å²) in [5.74, 6) is 0. The number of urea groups is 1. The van der Waals surface area contributed by atoms with E-state index in [1.54, 1.807) is 6.20 Å². The maximum Gasteiger partial charge on any atom is 0.315 e. The molecule has 1 aliphatic carbocycles. The maximum absolute atomic E-state index is 11.3. The van der Waals surface area contributed by atoms with Gasteiger partial charge >= 0.3 is 6.03 Å². The molecule has 1 aromatic rings. The number of nitrogens with one attached hydrogen (secondary N) is 2. The molecule has 1 aromatic heterocycles. The summed E-state index contributed by atoms with van der Waals surface area (Å²) in [7, 11) is 0. The monoisotopic (exact) mass is 205 g/mol. The van der Waals surface area contributed by atoms with E-state index in [2.05, 4.69) is 15.6 Å². The summed E-state index contributed by atoms with van der Waals surface area (Å²) < 4.78 is 0. The molecule has 1 heterocycles. The first-order chi connectivity index (χ1) is 7.24. The number of aryl methyl sites for hydroxylation is 1. The first kappa shape index (κ1) is 9.96. The number of hydrogen-bond donors (Lipinski definition) is 2. The van der Waals surface area contributed by atoms with Crippen LogP contribution in [0.1, 0.15) is 24.1 Å². The fraction of sp³-hybridized carbons (Fsp3) is 0.455. The van der Waals surface area contributed by atoms with Crippen LogP contribution in [-0.4, -0.2) is 17.1 Å². The largest absolute Gasteiger partial charge is 0.335 e. The van der Waals surface area contributed by atoms with Crippen LogP contribution in [0.4, 0.5) is 4.79 Å². The van der Waals surface area contributed by atoms with Crippen LogP contribution in [0.2, 0.25) is 0 Å². The summed E-state index contributed by atoms with van der Waals surface area (Å²) in [6.07, 6.45) is 4.01. The predicted molar refractivity (Wildman–Crippen MR) is 57.4 cm³/mol. The Balaban J connectivity index is 1.76. The number of carbonyl (C=O) groups excluding carboxylic acids is 1. The number of pyridine rings is 1. The first-order valence-corrected chi connectivity index (χ1v) is 5.20. The zero-order valence-corrected chi connectivity index (χ0v) is 8.79. The van der Waals surface area contributed by atoms with Crippen LogP contribution >= 0.6 is 0 Å². The molecule has 0 saturated heterocycles. The molecule has 2 amide bonds. The van der Waals surface area contributed by atoms with Crippen LogP contribution in [-0.2, 0) is 6.54 Å². The molecule has 0 aromatic carbocycles. The number of nitrogens with zero attached hydrogens (tertiary/aromatic N) is 1. The minimum Gasteiger partial charge on any atom is -0.335 e. The molecule has 2 N–H and O–H groups in total. The van der Waals surface area contributed by atoms with Gasteiger partial charge in [-0.05, 0) is 31.4 Å². The van der Waals surface area contributed by atoms with E-state index in [9.17, 15) is 4.79 Å². The number of aromatic nitrogens is 1. The lowest BCUT2D eigenvalue weighted by Gasteiger charge is -2.06. The molecular formula is C11H15N3O. The van der Waals surface area contributed by atoms with Crippen molar-refractivity contribution in [3.05, 3.63) is 29.6 Å². The van der Waals surface area contributed by atoms with Crippen molar-refractivity contribution in [2.24, 2.45) is 0 Å². The molecule has 4 heteroatoms. The highest BCUT2D eigenvalue weighted by Crippen LogP contribution is 2.18. The van der Waals surface area contributed by atoms with Gasteiger partial charge in [-0.25, -0.2) is 4.79 Å². The molecule has 1 saturated carbocycles. The van der Waals surface area contributed by atoms with E-state index in [-0.39, 0.29) is 6.03 Å². The van der Waals surface area contributed by atoms with Crippen molar-refractivity contribution in [1.29, 1.82) is 0 Å². The second kappa shape index (κ2) is 4.29. The van der Waals surface area contributed by atoms with Crippen LogP contribution < -0.4 is 10.6 Å². The molecule has 1 aliphatic rings. The van der Waals surface area contributed by atoms with Crippen molar-refractivity contribution in [3.63, 3.8) is 0 Å². The standard InChI is InChI=1S/C11H15N3O/c1-8-2-3-9(6-12-8)7-13-11(15)14-10-4-5-10/h2-3,6,10H,4-5,7H2,1H3,(H2,13,14,15). The first-order valence-electron chi connectivity index (χ1n) is 5.20. The van der Waals surface area contributed by atoms with E-state index in [0.717, 1.165) is 24.1 Å². The minimum absolute atomic E-state index is 0.0851. The van der Waals surface area contributed by atoms with Gasteiger partial charge in [-0.15, -0.1) is 0 Å². The van der Waals surface area contributed by atoms with Gasteiger partial charge in [0, 0.05) is 24.5 Å². The van der Waals surface area contributed by atoms with E-state index in [0.29, 0.717) is 12.6 Å². The number of hydrogen-bond acceptors (Lipinski definition) is 2. The number of rotatable bonds is 3. The van der Waals surface area contributed by atoms with Crippen LogP contribution in [0, 0.1) is 6.92 Å². The van der Waals surface area contributed by atoms with Crippen molar-refractivity contribution in [2.75, 3.05) is 0 Å². The quantitative estimate of drug-likeness (QED) is 0.782. The van der Waals surface area contributed by atoms with Gasteiger partial charge in [0.1, 0.15) is 0 Å². The average molecular weight is 205 g/mol. The molecule has 4 nitrogen and oxygen atoms in total. The van der Waals surface area contributed by atoms with Crippen LogP contribution in [0.3, 0.4) is 0 Å². The van der Waals surface area contributed by atoms with E-state index >= 15 is 0 Å². The maximum atomic E-state index is 11.3. The Kier molecular flexibility index (Phi) is 2.85. The van der Waals surface area contributed by atoms with Crippen LogP contribution in [0.15, 0.2) is 18.3 Å². The molecular weight excluding hydrogens is 190 g/mol. The van der Waals surface area contributed by atoms with Crippen LogP contribution in [0.25, 0.3) is 0 Å². The lowest BCUT2D eigenvalue weighted by Crippen LogP contribution is -2.36. The van der Waals surface area contributed by atoms with Gasteiger partial charge in [-0.1, -0.05) is 6.07 Å². The molecule has 0 atom stereocenters.